The second-order valence-electron chi connectivity index (χ2n) is 3.90. The van der Waals surface area contributed by atoms with E-state index < -0.39 is 0 Å². The molecule has 80 valence electrons. The van der Waals surface area contributed by atoms with Gasteiger partial charge in [-0.15, -0.1) is 0 Å². The van der Waals surface area contributed by atoms with Crippen LogP contribution in [0.3, 0.4) is 0 Å². The zero-order chi connectivity index (χ0) is 10.8. The van der Waals surface area contributed by atoms with Gasteiger partial charge in [0.15, 0.2) is 11.5 Å². The lowest BCUT2D eigenvalue weighted by molar-refractivity contribution is 0.731. The number of nitrogens with two attached hydrogens (primary N) is 1. The van der Waals surface area contributed by atoms with Gasteiger partial charge < -0.3 is 5.73 Å². The Morgan fingerprint density at radius 1 is 1.47 bits per heavy atom. The number of rotatable bonds is 3. The maximum Gasteiger partial charge on any atom is 0.155 e. The monoisotopic (exact) mass is 204 g/mol. The number of nitrogens with zero attached hydrogens (tertiary/aromatic N) is 3. The van der Waals surface area contributed by atoms with Crippen LogP contribution in [0, 0.1) is 0 Å². The summed E-state index contributed by atoms with van der Waals surface area (Å²) in [7, 11) is 0. The molecular formula is C11H16N4. The molecule has 0 amide bonds. The summed E-state index contributed by atoms with van der Waals surface area (Å²) in [6.45, 7) is 4.06. The van der Waals surface area contributed by atoms with Crippen LogP contribution in [0.1, 0.15) is 25.2 Å². The van der Waals surface area contributed by atoms with Gasteiger partial charge in [0.05, 0.1) is 0 Å². The highest BCUT2D eigenvalue weighted by molar-refractivity contribution is 5.38. The van der Waals surface area contributed by atoms with Crippen LogP contribution in [0.4, 0.5) is 0 Å². The lowest BCUT2D eigenvalue weighted by atomic mass is 10.1. The van der Waals surface area contributed by atoms with E-state index >= 15 is 0 Å². The Labute approximate surface area is 89.1 Å². The fourth-order valence-electron chi connectivity index (χ4n) is 1.61. The maximum absolute atomic E-state index is 5.75. The molecule has 0 spiro atoms. The van der Waals surface area contributed by atoms with E-state index in [1.807, 2.05) is 23.7 Å². The average Bonchev–Trinajstić information content (AvgIpc) is 2.58. The number of hydrogen-bond donors (Lipinski definition) is 1. The van der Waals surface area contributed by atoms with E-state index in [1.165, 1.54) is 5.56 Å². The molecule has 0 radical (unpaired) electrons. The number of hydrogen-bond acceptors (Lipinski definition) is 3. The van der Waals surface area contributed by atoms with Crippen LogP contribution in [0.2, 0.25) is 0 Å². The minimum Gasteiger partial charge on any atom is -0.328 e. The standard InChI is InChI=1S/C11H16N4/c1-3-10-13-11-5-4-9(6-8(2)12)7-15(11)14-10/h4-5,7-8H,3,6,12H2,1-2H3. The summed E-state index contributed by atoms with van der Waals surface area (Å²) >= 11 is 0. The summed E-state index contributed by atoms with van der Waals surface area (Å²) in [5.41, 5.74) is 7.86. The molecule has 0 aromatic carbocycles. The molecule has 0 fully saturated rings. The number of pyridine rings is 1. The second kappa shape index (κ2) is 3.98. The van der Waals surface area contributed by atoms with E-state index in [2.05, 4.69) is 23.1 Å². The summed E-state index contributed by atoms with van der Waals surface area (Å²) in [5, 5.41) is 4.36. The molecule has 1 unspecified atom stereocenters. The van der Waals surface area contributed by atoms with Crippen molar-refractivity contribution in [2.75, 3.05) is 0 Å². The molecule has 2 aromatic rings. The Bertz CT molecular complexity index is 459. The normalized spacial score (nSPS) is 13.3. The molecule has 0 aliphatic rings. The molecule has 15 heavy (non-hydrogen) atoms. The van der Waals surface area contributed by atoms with Crippen LogP contribution >= 0.6 is 0 Å². The van der Waals surface area contributed by atoms with Gasteiger partial charge >= 0.3 is 0 Å². The molecule has 0 saturated heterocycles. The van der Waals surface area contributed by atoms with Gasteiger partial charge in [-0.3, -0.25) is 0 Å². The minimum absolute atomic E-state index is 0.177. The maximum atomic E-state index is 5.75. The Morgan fingerprint density at radius 3 is 2.93 bits per heavy atom. The molecule has 4 nitrogen and oxygen atoms in total. The van der Waals surface area contributed by atoms with Crippen molar-refractivity contribution in [1.29, 1.82) is 0 Å². The van der Waals surface area contributed by atoms with Crippen LogP contribution in [0.15, 0.2) is 18.3 Å². The number of fused-ring (bicyclic) bond motifs is 1. The first-order valence-electron chi connectivity index (χ1n) is 5.29. The van der Waals surface area contributed by atoms with Gasteiger partial charge in [0.25, 0.3) is 0 Å². The predicted octanol–water partition coefficient (Wildman–Crippen LogP) is 1.18. The SMILES string of the molecule is CCc1nc2ccc(CC(C)N)cn2n1. The lowest BCUT2D eigenvalue weighted by Crippen LogP contribution is -2.17. The smallest absolute Gasteiger partial charge is 0.155 e. The van der Waals surface area contributed by atoms with E-state index in [4.69, 9.17) is 5.73 Å². The first-order chi connectivity index (χ1) is 7.19. The summed E-state index contributed by atoms with van der Waals surface area (Å²) in [4.78, 5) is 4.37. The molecule has 0 saturated carbocycles. The third-order valence-corrected chi connectivity index (χ3v) is 2.31. The van der Waals surface area contributed by atoms with Crippen molar-refractivity contribution in [1.82, 2.24) is 14.6 Å². The summed E-state index contributed by atoms with van der Waals surface area (Å²) < 4.78 is 1.83. The second-order valence-corrected chi connectivity index (χ2v) is 3.90. The molecule has 1 atom stereocenters. The van der Waals surface area contributed by atoms with Crippen LogP contribution in [-0.4, -0.2) is 20.6 Å². The third kappa shape index (κ3) is 2.15. The fraction of sp³-hybridized carbons (Fsp3) is 0.455. The van der Waals surface area contributed by atoms with Crippen LogP contribution in [0.25, 0.3) is 5.65 Å². The highest BCUT2D eigenvalue weighted by Crippen LogP contribution is 2.07. The molecule has 0 aliphatic heterocycles. The van der Waals surface area contributed by atoms with Crippen molar-refractivity contribution >= 4 is 5.65 Å². The van der Waals surface area contributed by atoms with E-state index in [0.29, 0.717) is 0 Å². The topological polar surface area (TPSA) is 56.2 Å². The first kappa shape index (κ1) is 10.1. The quantitative estimate of drug-likeness (QED) is 0.816. The molecule has 2 heterocycles. The third-order valence-electron chi connectivity index (χ3n) is 2.31. The predicted molar refractivity (Wildman–Crippen MR) is 59.7 cm³/mol. The van der Waals surface area contributed by atoms with Crippen molar-refractivity contribution < 1.29 is 0 Å². The van der Waals surface area contributed by atoms with Crippen molar-refractivity contribution in [3.63, 3.8) is 0 Å². The summed E-state index contributed by atoms with van der Waals surface area (Å²) in [6, 6.07) is 4.23. The van der Waals surface area contributed by atoms with Gasteiger partial charge in [-0.25, -0.2) is 9.50 Å². The van der Waals surface area contributed by atoms with Crippen LogP contribution < -0.4 is 5.73 Å². The largest absolute Gasteiger partial charge is 0.328 e. The fourth-order valence-corrected chi connectivity index (χ4v) is 1.61. The van der Waals surface area contributed by atoms with Gasteiger partial charge in [-0.05, 0) is 25.0 Å². The van der Waals surface area contributed by atoms with Gasteiger partial charge in [0, 0.05) is 18.7 Å². The zero-order valence-corrected chi connectivity index (χ0v) is 9.14. The Kier molecular flexibility index (Phi) is 2.68. The average molecular weight is 204 g/mol. The molecule has 0 aliphatic carbocycles. The summed E-state index contributed by atoms with van der Waals surface area (Å²) in [6.07, 6.45) is 3.74. The highest BCUT2D eigenvalue weighted by Gasteiger charge is 2.03. The number of aryl methyl sites for hydroxylation is 1. The minimum atomic E-state index is 0.177. The van der Waals surface area contributed by atoms with Crippen LogP contribution in [-0.2, 0) is 12.8 Å². The van der Waals surface area contributed by atoms with E-state index in [1.54, 1.807) is 0 Å². The highest BCUT2D eigenvalue weighted by atomic mass is 15.3. The van der Waals surface area contributed by atoms with Gasteiger partial charge in [-0.2, -0.15) is 5.10 Å². The molecule has 2 N–H and O–H groups in total. The van der Waals surface area contributed by atoms with Gasteiger partial charge in [0.2, 0.25) is 0 Å². The molecule has 2 rings (SSSR count). The van der Waals surface area contributed by atoms with E-state index in [0.717, 1.165) is 24.3 Å². The molecule has 2 aromatic heterocycles. The molecule has 0 bridgehead atoms. The molecule has 4 heteroatoms. The van der Waals surface area contributed by atoms with Gasteiger partial charge in [-0.1, -0.05) is 13.0 Å². The Morgan fingerprint density at radius 2 is 2.27 bits per heavy atom. The number of aromatic nitrogens is 3. The van der Waals surface area contributed by atoms with Crippen molar-refractivity contribution in [3.05, 3.63) is 29.7 Å². The van der Waals surface area contributed by atoms with Crippen molar-refractivity contribution in [3.8, 4) is 0 Å². The van der Waals surface area contributed by atoms with Crippen molar-refractivity contribution in [2.24, 2.45) is 5.73 Å². The van der Waals surface area contributed by atoms with E-state index in [-0.39, 0.29) is 6.04 Å². The summed E-state index contributed by atoms with van der Waals surface area (Å²) in [5.74, 6) is 0.882. The Hall–Kier alpha value is -1.42. The van der Waals surface area contributed by atoms with Crippen molar-refractivity contribution in [2.45, 2.75) is 32.7 Å². The van der Waals surface area contributed by atoms with Crippen LogP contribution in [0.5, 0.6) is 0 Å². The zero-order valence-electron chi connectivity index (χ0n) is 9.14. The van der Waals surface area contributed by atoms with Gasteiger partial charge in [0.1, 0.15) is 0 Å². The first-order valence-corrected chi connectivity index (χ1v) is 5.29. The molecular weight excluding hydrogens is 188 g/mol. The van der Waals surface area contributed by atoms with E-state index in [9.17, 15) is 0 Å². The lowest BCUT2D eigenvalue weighted by Gasteiger charge is -2.04. The Balaban J connectivity index is 2.37.